The van der Waals surface area contributed by atoms with Gasteiger partial charge in [-0.05, 0) is 18.2 Å². The first-order valence-corrected chi connectivity index (χ1v) is 6.59. The van der Waals surface area contributed by atoms with Crippen LogP contribution in [0.15, 0.2) is 35.5 Å². The fourth-order valence-corrected chi connectivity index (χ4v) is 2.02. The molecular formula is C10H13N5O2S. The van der Waals surface area contributed by atoms with Gasteiger partial charge >= 0.3 is 0 Å². The summed E-state index contributed by atoms with van der Waals surface area (Å²) >= 11 is 0. The molecule has 0 atom stereocenters. The summed E-state index contributed by atoms with van der Waals surface area (Å²) in [5, 5.41) is 12.0. The summed E-state index contributed by atoms with van der Waals surface area (Å²) in [5.74, 6) is 0. The first kappa shape index (κ1) is 12.4. The summed E-state index contributed by atoms with van der Waals surface area (Å²) in [6.07, 6.45) is 3.40. The van der Waals surface area contributed by atoms with Crippen molar-refractivity contribution in [1.29, 1.82) is 0 Å². The molecule has 96 valence electrons. The van der Waals surface area contributed by atoms with Crippen molar-refractivity contribution in [1.82, 2.24) is 9.78 Å². The van der Waals surface area contributed by atoms with E-state index >= 15 is 0 Å². The van der Waals surface area contributed by atoms with E-state index in [9.17, 15) is 8.42 Å². The first-order chi connectivity index (χ1) is 8.36. The minimum absolute atomic E-state index is 0.0169. The maximum atomic E-state index is 11.1. The van der Waals surface area contributed by atoms with Crippen LogP contribution in [0.1, 0.15) is 0 Å². The van der Waals surface area contributed by atoms with Gasteiger partial charge in [-0.15, -0.1) is 0 Å². The number of nitrogen functional groups attached to an aromatic ring is 1. The van der Waals surface area contributed by atoms with E-state index in [4.69, 9.17) is 10.9 Å². The number of nitrogens with zero attached hydrogens (tertiary/aromatic N) is 2. The topological polar surface area (TPSA) is 116 Å². The average Bonchev–Trinajstić information content (AvgIpc) is 2.65. The van der Waals surface area contributed by atoms with Crippen LogP contribution in [0.4, 0.5) is 17.1 Å². The largest absolute Gasteiger partial charge is 0.397 e. The highest BCUT2D eigenvalue weighted by atomic mass is 32.2. The molecule has 2 rings (SSSR count). The first-order valence-electron chi connectivity index (χ1n) is 5.04. The van der Waals surface area contributed by atoms with Crippen LogP contribution >= 0.6 is 0 Å². The number of anilines is 3. The van der Waals surface area contributed by atoms with Gasteiger partial charge in [0.2, 0.25) is 10.0 Å². The van der Waals surface area contributed by atoms with Crippen LogP contribution < -0.4 is 16.2 Å². The SMILES string of the molecule is Cn1cc(Nc2ccc(S(N)(=O)=O)cc2N)cn1. The zero-order valence-electron chi connectivity index (χ0n) is 9.66. The summed E-state index contributed by atoms with van der Waals surface area (Å²) in [6, 6.07) is 4.26. The molecular weight excluding hydrogens is 254 g/mol. The third-order valence-electron chi connectivity index (χ3n) is 2.34. The Morgan fingerprint density at radius 3 is 2.61 bits per heavy atom. The Balaban J connectivity index is 2.31. The van der Waals surface area contributed by atoms with Gasteiger partial charge in [-0.25, -0.2) is 13.6 Å². The van der Waals surface area contributed by atoms with Crippen molar-refractivity contribution in [2.24, 2.45) is 12.2 Å². The Hall–Kier alpha value is -2.06. The maximum absolute atomic E-state index is 11.1. The fraction of sp³-hybridized carbons (Fsp3) is 0.100. The second-order valence-electron chi connectivity index (χ2n) is 3.82. The lowest BCUT2D eigenvalue weighted by molar-refractivity contribution is 0.598. The molecule has 0 amide bonds. The molecule has 8 heteroatoms. The smallest absolute Gasteiger partial charge is 0.238 e. The molecule has 0 aliphatic rings. The predicted octanol–water partition coefficient (Wildman–Crippen LogP) is 0.393. The van der Waals surface area contributed by atoms with Gasteiger partial charge in [0.25, 0.3) is 0 Å². The lowest BCUT2D eigenvalue weighted by Gasteiger charge is -2.08. The zero-order valence-corrected chi connectivity index (χ0v) is 10.5. The zero-order chi connectivity index (χ0) is 13.3. The van der Waals surface area contributed by atoms with Crippen molar-refractivity contribution in [2.45, 2.75) is 4.90 Å². The number of nitrogens with one attached hydrogen (secondary N) is 1. The highest BCUT2D eigenvalue weighted by molar-refractivity contribution is 7.89. The van der Waals surface area contributed by atoms with Crippen molar-refractivity contribution >= 4 is 27.1 Å². The van der Waals surface area contributed by atoms with E-state index in [1.807, 2.05) is 0 Å². The molecule has 5 N–H and O–H groups in total. The molecule has 0 unspecified atom stereocenters. The standard InChI is InChI=1S/C10H13N5O2S/c1-15-6-7(5-13-15)14-10-3-2-8(4-9(10)11)18(12,16)17/h2-6,14H,11H2,1H3,(H2,12,16,17). The van der Waals surface area contributed by atoms with Gasteiger partial charge in [-0.2, -0.15) is 5.10 Å². The molecule has 0 saturated carbocycles. The van der Waals surface area contributed by atoms with Crippen LogP contribution in [0, 0.1) is 0 Å². The Morgan fingerprint density at radius 2 is 2.11 bits per heavy atom. The second kappa shape index (κ2) is 4.31. The summed E-state index contributed by atoms with van der Waals surface area (Å²) in [5.41, 5.74) is 7.41. The molecule has 1 aromatic heterocycles. The van der Waals surface area contributed by atoms with Gasteiger partial charge < -0.3 is 11.1 Å². The van der Waals surface area contributed by atoms with E-state index < -0.39 is 10.0 Å². The highest BCUT2D eigenvalue weighted by Gasteiger charge is 2.10. The number of hydrogen-bond acceptors (Lipinski definition) is 5. The molecule has 0 spiro atoms. The molecule has 0 saturated heterocycles. The molecule has 0 aliphatic heterocycles. The number of primary sulfonamides is 1. The van der Waals surface area contributed by atoms with Crippen LogP contribution in [0.5, 0.6) is 0 Å². The molecule has 0 aliphatic carbocycles. The van der Waals surface area contributed by atoms with E-state index in [0.29, 0.717) is 11.4 Å². The fourth-order valence-electron chi connectivity index (χ4n) is 1.47. The molecule has 0 radical (unpaired) electrons. The lowest BCUT2D eigenvalue weighted by Crippen LogP contribution is -2.12. The number of aryl methyl sites for hydroxylation is 1. The van der Waals surface area contributed by atoms with Gasteiger partial charge in [-0.3, -0.25) is 4.68 Å². The molecule has 2 aromatic rings. The number of nitrogens with two attached hydrogens (primary N) is 2. The number of rotatable bonds is 3. The quantitative estimate of drug-likeness (QED) is 0.696. The van der Waals surface area contributed by atoms with Gasteiger partial charge in [0.05, 0.1) is 28.2 Å². The van der Waals surface area contributed by atoms with Crippen LogP contribution in [0.3, 0.4) is 0 Å². The average molecular weight is 267 g/mol. The second-order valence-corrected chi connectivity index (χ2v) is 5.38. The summed E-state index contributed by atoms with van der Waals surface area (Å²) in [4.78, 5) is -0.0169. The number of sulfonamides is 1. The summed E-state index contributed by atoms with van der Waals surface area (Å²) < 4.78 is 23.9. The highest BCUT2D eigenvalue weighted by Crippen LogP contribution is 2.25. The normalized spacial score (nSPS) is 11.4. The van der Waals surface area contributed by atoms with E-state index in [-0.39, 0.29) is 4.90 Å². The van der Waals surface area contributed by atoms with Crippen molar-refractivity contribution in [2.75, 3.05) is 11.1 Å². The minimum atomic E-state index is -3.74. The van der Waals surface area contributed by atoms with Gasteiger partial charge in [0.15, 0.2) is 0 Å². The third-order valence-corrected chi connectivity index (χ3v) is 3.25. The van der Waals surface area contributed by atoms with Gasteiger partial charge in [-0.1, -0.05) is 0 Å². The Morgan fingerprint density at radius 1 is 1.39 bits per heavy atom. The number of benzene rings is 1. The Kier molecular flexibility index (Phi) is 2.97. The third kappa shape index (κ3) is 2.60. The maximum Gasteiger partial charge on any atom is 0.238 e. The molecule has 7 nitrogen and oxygen atoms in total. The minimum Gasteiger partial charge on any atom is -0.397 e. The molecule has 1 heterocycles. The number of hydrogen-bond donors (Lipinski definition) is 3. The van der Waals surface area contributed by atoms with E-state index in [0.717, 1.165) is 5.69 Å². The van der Waals surface area contributed by atoms with Crippen molar-refractivity contribution < 1.29 is 8.42 Å². The van der Waals surface area contributed by atoms with Crippen LogP contribution in [0.25, 0.3) is 0 Å². The van der Waals surface area contributed by atoms with Crippen molar-refractivity contribution in [3.63, 3.8) is 0 Å². The predicted molar refractivity (Wildman–Crippen MR) is 68.7 cm³/mol. The molecule has 0 bridgehead atoms. The van der Waals surface area contributed by atoms with Crippen LogP contribution in [-0.2, 0) is 17.1 Å². The van der Waals surface area contributed by atoms with Gasteiger partial charge in [0, 0.05) is 13.2 Å². The Bertz CT molecular complexity index is 677. The Labute approximate surface area is 104 Å². The molecule has 0 fully saturated rings. The summed E-state index contributed by atoms with van der Waals surface area (Å²) in [6.45, 7) is 0. The lowest BCUT2D eigenvalue weighted by atomic mass is 10.2. The van der Waals surface area contributed by atoms with Crippen molar-refractivity contribution in [3.8, 4) is 0 Å². The van der Waals surface area contributed by atoms with E-state index in [1.54, 1.807) is 30.2 Å². The van der Waals surface area contributed by atoms with E-state index in [1.165, 1.54) is 12.1 Å². The van der Waals surface area contributed by atoms with Crippen LogP contribution in [0.2, 0.25) is 0 Å². The molecule has 1 aromatic carbocycles. The van der Waals surface area contributed by atoms with E-state index in [2.05, 4.69) is 10.4 Å². The number of aromatic nitrogens is 2. The van der Waals surface area contributed by atoms with Crippen molar-refractivity contribution in [3.05, 3.63) is 30.6 Å². The summed E-state index contributed by atoms with van der Waals surface area (Å²) in [7, 11) is -1.94. The van der Waals surface area contributed by atoms with Gasteiger partial charge in [0.1, 0.15) is 0 Å². The van der Waals surface area contributed by atoms with Crippen LogP contribution in [-0.4, -0.2) is 18.2 Å². The molecule has 18 heavy (non-hydrogen) atoms. The monoisotopic (exact) mass is 267 g/mol.